The molecule has 0 bridgehead atoms. The average molecular weight is 176 g/mol. The number of β-lactam (4-membered cyclic amide) rings is 1. The quantitative estimate of drug-likeness (QED) is 0.655. The molecule has 1 saturated heterocycles. The monoisotopic (exact) mass is 176 g/mol. The van der Waals surface area contributed by atoms with Gasteiger partial charge in [0.15, 0.2) is 0 Å². The van der Waals surface area contributed by atoms with E-state index in [1.807, 2.05) is 26.0 Å². The van der Waals surface area contributed by atoms with E-state index < -0.39 is 0 Å². The van der Waals surface area contributed by atoms with Crippen LogP contribution in [0.15, 0.2) is 24.5 Å². The molecule has 0 spiro atoms. The summed E-state index contributed by atoms with van der Waals surface area (Å²) in [5.74, 6) is 0.112. The summed E-state index contributed by atoms with van der Waals surface area (Å²) in [7, 11) is 0. The third-order valence-electron chi connectivity index (χ3n) is 2.60. The van der Waals surface area contributed by atoms with Crippen LogP contribution in [0, 0.1) is 5.41 Å². The molecule has 1 fully saturated rings. The van der Waals surface area contributed by atoms with Gasteiger partial charge in [-0.1, -0.05) is 6.07 Å². The van der Waals surface area contributed by atoms with Crippen molar-refractivity contribution in [2.75, 3.05) is 0 Å². The number of amides is 1. The maximum Gasteiger partial charge on any atom is 0.228 e. The van der Waals surface area contributed by atoms with Crippen molar-refractivity contribution in [3.8, 4) is 0 Å². The molecule has 0 aliphatic carbocycles. The van der Waals surface area contributed by atoms with Crippen molar-refractivity contribution in [2.24, 2.45) is 5.41 Å². The fourth-order valence-electron chi connectivity index (χ4n) is 1.60. The first-order valence-electron chi connectivity index (χ1n) is 4.33. The molecule has 1 aromatic rings. The summed E-state index contributed by atoms with van der Waals surface area (Å²) in [5, 5.41) is 2.87. The molecule has 3 nitrogen and oxygen atoms in total. The van der Waals surface area contributed by atoms with Gasteiger partial charge in [-0.05, 0) is 25.5 Å². The molecule has 2 rings (SSSR count). The van der Waals surface area contributed by atoms with E-state index in [0.717, 1.165) is 5.56 Å². The third-order valence-corrected chi connectivity index (χ3v) is 2.60. The van der Waals surface area contributed by atoms with E-state index in [1.165, 1.54) is 0 Å². The summed E-state index contributed by atoms with van der Waals surface area (Å²) in [5.41, 5.74) is 0.787. The number of aromatic nitrogens is 1. The molecule has 1 aliphatic rings. The van der Waals surface area contributed by atoms with Gasteiger partial charge in [0.2, 0.25) is 5.91 Å². The van der Waals surface area contributed by atoms with E-state index in [2.05, 4.69) is 10.3 Å². The first kappa shape index (κ1) is 8.23. The van der Waals surface area contributed by atoms with Crippen LogP contribution >= 0.6 is 0 Å². The predicted molar refractivity (Wildman–Crippen MR) is 48.9 cm³/mol. The van der Waals surface area contributed by atoms with Crippen molar-refractivity contribution in [1.29, 1.82) is 0 Å². The SMILES string of the molecule is CC1(C)C(=O)N[C@H]1c1cccnc1. The third kappa shape index (κ3) is 1.11. The largest absolute Gasteiger partial charge is 0.348 e. The lowest BCUT2D eigenvalue weighted by Crippen LogP contribution is -2.57. The molecular formula is C10H12N2O. The number of pyridine rings is 1. The highest BCUT2D eigenvalue weighted by atomic mass is 16.2. The molecule has 3 heteroatoms. The van der Waals surface area contributed by atoms with Gasteiger partial charge in [0, 0.05) is 12.4 Å². The maximum absolute atomic E-state index is 11.2. The van der Waals surface area contributed by atoms with E-state index in [4.69, 9.17) is 0 Å². The molecular weight excluding hydrogens is 164 g/mol. The van der Waals surface area contributed by atoms with Crippen molar-refractivity contribution in [3.05, 3.63) is 30.1 Å². The van der Waals surface area contributed by atoms with Crippen LogP contribution in [0.25, 0.3) is 0 Å². The molecule has 1 aromatic heterocycles. The maximum atomic E-state index is 11.2. The Morgan fingerprint density at radius 1 is 1.54 bits per heavy atom. The molecule has 1 amide bonds. The normalized spacial score (nSPS) is 24.8. The first-order chi connectivity index (χ1) is 6.12. The van der Waals surface area contributed by atoms with Crippen LogP contribution in [0.2, 0.25) is 0 Å². The van der Waals surface area contributed by atoms with Crippen LogP contribution in [0.1, 0.15) is 25.5 Å². The molecule has 1 N–H and O–H groups in total. The Bertz CT molecular complexity index is 332. The zero-order chi connectivity index (χ0) is 9.47. The number of rotatable bonds is 1. The second-order valence-corrected chi connectivity index (χ2v) is 3.91. The summed E-state index contributed by atoms with van der Waals surface area (Å²) in [4.78, 5) is 15.2. The summed E-state index contributed by atoms with van der Waals surface area (Å²) in [6, 6.07) is 3.99. The number of nitrogens with one attached hydrogen (secondary N) is 1. The van der Waals surface area contributed by atoms with Crippen LogP contribution in [-0.4, -0.2) is 10.9 Å². The highest BCUT2D eigenvalue weighted by Gasteiger charge is 2.47. The fourth-order valence-corrected chi connectivity index (χ4v) is 1.60. The highest BCUT2D eigenvalue weighted by Crippen LogP contribution is 2.40. The lowest BCUT2D eigenvalue weighted by molar-refractivity contribution is -0.143. The van der Waals surface area contributed by atoms with Gasteiger partial charge < -0.3 is 5.32 Å². The minimum absolute atomic E-state index is 0.112. The number of hydrogen-bond donors (Lipinski definition) is 1. The van der Waals surface area contributed by atoms with Crippen molar-refractivity contribution in [2.45, 2.75) is 19.9 Å². The summed E-state index contributed by atoms with van der Waals surface area (Å²) >= 11 is 0. The van der Waals surface area contributed by atoms with Gasteiger partial charge in [0.1, 0.15) is 0 Å². The van der Waals surface area contributed by atoms with E-state index in [0.29, 0.717) is 0 Å². The minimum Gasteiger partial charge on any atom is -0.348 e. The molecule has 1 atom stereocenters. The van der Waals surface area contributed by atoms with Gasteiger partial charge in [-0.2, -0.15) is 0 Å². The van der Waals surface area contributed by atoms with Gasteiger partial charge in [-0.3, -0.25) is 9.78 Å². The Morgan fingerprint density at radius 3 is 2.77 bits per heavy atom. The van der Waals surface area contributed by atoms with Crippen LogP contribution in [0.4, 0.5) is 0 Å². The molecule has 2 heterocycles. The zero-order valence-corrected chi connectivity index (χ0v) is 7.74. The van der Waals surface area contributed by atoms with Gasteiger partial charge >= 0.3 is 0 Å². The van der Waals surface area contributed by atoms with Crippen LogP contribution in [-0.2, 0) is 4.79 Å². The second kappa shape index (κ2) is 2.55. The molecule has 68 valence electrons. The van der Waals surface area contributed by atoms with Crippen LogP contribution < -0.4 is 5.32 Å². The molecule has 1 aliphatic heterocycles. The lowest BCUT2D eigenvalue weighted by Gasteiger charge is -2.43. The number of nitrogens with zero attached hydrogens (tertiary/aromatic N) is 1. The Kier molecular flexibility index (Phi) is 1.62. The fraction of sp³-hybridized carbons (Fsp3) is 0.400. The number of carbonyl (C=O) groups excluding carboxylic acids is 1. The average Bonchev–Trinajstić information content (AvgIpc) is 2.15. The number of carbonyl (C=O) groups is 1. The minimum atomic E-state index is -0.289. The molecule has 0 unspecified atom stereocenters. The van der Waals surface area contributed by atoms with Crippen molar-refractivity contribution < 1.29 is 4.79 Å². The van der Waals surface area contributed by atoms with Crippen LogP contribution in [0.5, 0.6) is 0 Å². The first-order valence-corrected chi connectivity index (χ1v) is 4.33. The lowest BCUT2D eigenvalue weighted by atomic mass is 9.73. The van der Waals surface area contributed by atoms with E-state index in [1.54, 1.807) is 12.4 Å². The summed E-state index contributed by atoms with van der Waals surface area (Å²) in [6.45, 7) is 3.90. The van der Waals surface area contributed by atoms with E-state index in [9.17, 15) is 4.79 Å². The second-order valence-electron chi connectivity index (χ2n) is 3.91. The molecule has 0 radical (unpaired) electrons. The Balaban J connectivity index is 2.27. The van der Waals surface area contributed by atoms with Crippen molar-refractivity contribution >= 4 is 5.91 Å². The van der Waals surface area contributed by atoms with Gasteiger partial charge in [0.25, 0.3) is 0 Å². The Hall–Kier alpha value is -1.38. The predicted octanol–water partition coefficient (Wildman–Crippen LogP) is 1.28. The van der Waals surface area contributed by atoms with Crippen molar-refractivity contribution in [3.63, 3.8) is 0 Å². The summed E-state index contributed by atoms with van der Waals surface area (Å²) < 4.78 is 0. The molecule has 13 heavy (non-hydrogen) atoms. The van der Waals surface area contributed by atoms with Crippen molar-refractivity contribution in [1.82, 2.24) is 10.3 Å². The molecule has 0 saturated carbocycles. The standard InChI is InChI=1S/C10H12N2O/c1-10(2)8(12-9(10)13)7-4-3-5-11-6-7/h3-6,8H,1-2H3,(H,12,13)/t8-/m0/s1. The van der Waals surface area contributed by atoms with Gasteiger partial charge in [-0.25, -0.2) is 0 Å². The smallest absolute Gasteiger partial charge is 0.228 e. The summed E-state index contributed by atoms with van der Waals surface area (Å²) in [6.07, 6.45) is 3.53. The zero-order valence-electron chi connectivity index (χ0n) is 7.74. The molecule has 0 aromatic carbocycles. The topological polar surface area (TPSA) is 42.0 Å². The van der Waals surface area contributed by atoms with Gasteiger partial charge in [-0.15, -0.1) is 0 Å². The van der Waals surface area contributed by atoms with Gasteiger partial charge in [0.05, 0.1) is 11.5 Å². The number of hydrogen-bond acceptors (Lipinski definition) is 2. The van der Waals surface area contributed by atoms with E-state index in [-0.39, 0.29) is 17.4 Å². The Labute approximate surface area is 77.2 Å². The highest BCUT2D eigenvalue weighted by molar-refractivity contribution is 5.89. The Morgan fingerprint density at radius 2 is 2.31 bits per heavy atom. The van der Waals surface area contributed by atoms with Crippen LogP contribution in [0.3, 0.4) is 0 Å². The van der Waals surface area contributed by atoms with E-state index >= 15 is 0 Å².